The lowest BCUT2D eigenvalue weighted by atomic mass is 10.1. The van der Waals surface area contributed by atoms with Crippen LogP contribution in [0.15, 0.2) is 85.1 Å². The second-order valence-electron chi connectivity index (χ2n) is 15.2. The summed E-state index contributed by atoms with van der Waals surface area (Å²) in [7, 11) is 5.48. The Balaban J connectivity index is 4.54. The zero-order chi connectivity index (χ0) is 41.4. The zero-order valence-corrected chi connectivity index (χ0v) is 36.1. The SMILES string of the molecule is CC/C=C/C/C=C/C/C=C/C/C=C/C/C=C/CCC(=O)OC(COCCC(C(=O)O)[N+](C)(C)C)COC(=O)CCCCC/C=C/C=C/CCCCCCCCC. The first-order valence-electron chi connectivity index (χ1n) is 21.6. The number of quaternary nitrogens is 1. The normalized spacial score (nSPS) is 13.8. The lowest BCUT2D eigenvalue weighted by molar-refractivity contribution is -0.887. The predicted molar refractivity (Wildman–Crippen MR) is 233 cm³/mol. The molecule has 56 heavy (non-hydrogen) atoms. The predicted octanol–water partition coefficient (Wildman–Crippen LogP) is 11.7. The zero-order valence-electron chi connectivity index (χ0n) is 36.1. The van der Waals surface area contributed by atoms with Crippen molar-refractivity contribution in [1.29, 1.82) is 0 Å². The number of allylic oxidation sites excluding steroid dienone is 14. The van der Waals surface area contributed by atoms with Gasteiger partial charge in [-0.3, -0.25) is 9.59 Å². The molecule has 2 unspecified atom stereocenters. The average Bonchev–Trinajstić information content (AvgIpc) is 3.15. The maximum absolute atomic E-state index is 12.7. The van der Waals surface area contributed by atoms with Gasteiger partial charge in [-0.1, -0.05) is 144 Å². The number of hydrogen-bond donors (Lipinski definition) is 1. The van der Waals surface area contributed by atoms with E-state index in [2.05, 4.69) is 86.8 Å². The van der Waals surface area contributed by atoms with Crippen LogP contribution in [0.5, 0.6) is 0 Å². The molecule has 0 spiro atoms. The molecule has 0 aromatic rings. The van der Waals surface area contributed by atoms with Crippen LogP contribution in [0.1, 0.15) is 149 Å². The molecule has 0 bridgehead atoms. The summed E-state index contributed by atoms with van der Waals surface area (Å²) in [4.78, 5) is 36.9. The maximum atomic E-state index is 12.7. The molecule has 0 aliphatic carbocycles. The number of esters is 2. The molecule has 0 rings (SSSR count). The van der Waals surface area contributed by atoms with Crippen LogP contribution in [0.3, 0.4) is 0 Å². The topological polar surface area (TPSA) is 99.1 Å². The summed E-state index contributed by atoms with van der Waals surface area (Å²) in [6, 6.07) is -0.635. The van der Waals surface area contributed by atoms with E-state index >= 15 is 0 Å². The van der Waals surface area contributed by atoms with Crippen molar-refractivity contribution >= 4 is 17.9 Å². The van der Waals surface area contributed by atoms with Crippen LogP contribution in [-0.4, -0.2) is 80.6 Å². The molecule has 0 fully saturated rings. The number of carboxylic acid groups (broad SMARTS) is 1. The van der Waals surface area contributed by atoms with Crippen molar-refractivity contribution in [1.82, 2.24) is 0 Å². The Morgan fingerprint density at radius 1 is 0.571 bits per heavy atom. The average molecular weight is 783 g/mol. The third kappa shape index (κ3) is 36.2. The molecular formula is C48H80NO7+. The largest absolute Gasteiger partial charge is 0.477 e. The fourth-order valence-corrected chi connectivity index (χ4v) is 5.72. The van der Waals surface area contributed by atoms with Gasteiger partial charge in [-0.25, -0.2) is 4.79 Å². The number of carbonyl (C=O) groups is 3. The monoisotopic (exact) mass is 783 g/mol. The third-order valence-corrected chi connectivity index (χ3v) is 9.07. The Labute approximate surface area is 342 Å². The summed E-state index contributed by atoms with van der Waals surface area (Å²) in [6.07, 6.45) is 49.3. The minimum atomic E-state index is -0.894. The fraction of sp³-hybridized carbons (Fsp3) is 0.646. The van der Waals surface area contributed by atoms with Crippen LogP contribution in [0.4, 0.5) is 0 Å². The van der Waals surface area contributed by atoms with Gasteiger partial charge in [-0.2, -0.15) is 0 Å². The van der Waals surface area contributed by atoms with Gasteiger partial charge in [0.2, 0.25) is 0 Å². The highest BCUT2D eigenvalue weighted by molar-refractivity contribution is 5.72. The van der Waals surface area contributed by atoms with E-state index in [0.29, 0.717) is 19.3 Å². The molecule has 0 heterocycles. The van der Waals surface area contributed by atoms with Gasteiger partial charge in [0.05, 0.1) is 34.4 Å². The molecule has 0 aromatic carbocycles. The fourth-order valence-electron chi connectivity index (χ4n) is 5.72. The van der Waals surface area contributed by atoms with Gasteiger partial charge in [-0.05, 0) is 70.6 Å². The summed E-state index contributed by atoms with van der Waals surface area (Å²) in [5.74, 6) is -1.62. The van der Waals surface area contributed by atoms with Crippen LogP contribution in [0, 0.1) is 0 Å². The van der Waals surface area contributed by atoms with Crippen molar-refractivity contribution in [2.24, 2.45) is 0 Å². The van der Waals surface area contributed by atoms with E-state index in [1.807, 2.05) is 33.3 Å². The highest BCUT2D eigenvalue weighted by atomic mass is 16.6. The van der Waals surface area contributed by atoms with E-state index in [4.69, 9.17) is 14.2 Å². The summed E-state index contributed by atoms with van der Waals surface area (Å²) >= 11 is 0. The van der Waals surface area contributed by atoms with E-state index in [1.54, 1.807) is 0 Å². The van der Waals surface area contributed by atoms with Crippen LogP contribution < -0.4 is 0 Å². The van der Waals surface area contributed by atoms with Crippen molar-refractivity contribution in [3.63, 3.8) is 0 Å². The molecule has 8 nitrogen and oxygen atoms in total. The van der Waals surface area contributed by atoms with Crippen molar-refractivity contribution in [2.75, 3.05) is 41.0 Å². The van der Waals surface area contributed by atoms with Gasteiger partial charge >= 0.3 is 17.9 Å². The lowest BCUT2D eigenvalue weighted by Gasteiger charge is -2.31. The number of ether oxygens (including phenoxy) is 3. The van der Waals surface area contributed by atoms with Crippen molar-refractivity contribution in [2.45, 2.75) is 161 Å². The molecule has 0 amide bonds. The molecule has 0 aliphatic rings. The molecule has 0 saturated heterocycles. The number of hydrogen-bond acceptors (Lipinski definition) is 6. The first-order chi connectivity index (χ1) is 27.1. The van der Waals surface area contributed by atoms with E-state index in [-0.39, 0.29) is 36.7 Å². The summed E-state index contributed by atoms with van der Waals surface area (Å²) in [5, 5.41) is 9.61. The van der Waals surface area contributed by atoms with Crippen LogP contribution in [0.2, 0.25) is 0 Å². The van der Waals surface area contributed by atoms with E-state index < -0.39 is 24.1 Å². The van der Waals surface area contributed by atoms with E-state index in [0.717, 1.165) is 64.2 Å². The summed E-state index contributed by atoms with van der Waals surface area (Å²) in [5.41, 5.74) is 0. The molecule has 0 aliphatic heterocycles. The van der Waals surface area contributed by atoms with Gasteiger partial charge in [0.1, 0.15) is 6.61 Å². The minimum Gasteiger partial charge on any atom is -0.477 e. The molecule has 8 heteroatoms. The molecule has 318 valence electrons. The Bertz CT molecular complexity index is 1190. The smallest absolute Gasteiger partial charge is 0.362 e. The number of nitrogens with zero attached hydrogens (tertiary/aromatic N) is 1. The first-order valence-corrected chi connectivity index (χ1v) is 21.6. The number of carboxylic acids is 1. The number of carbonyl (C=O) groups excluding carboxylic acids is 2. The lowest BCUT2D eigenvalue weighted by Crippen LogP contribution is -2.50. The molecule has 1 N–H and O–H groups in total. The van der Waals surface area contributed by atoms with Gasteiger partial charge in [0.15, 0.2) is 12.1 Å². The van der Waals surface area contributed by atoms with Crippen molar-refractivity contribution in [3.8, 4) is 0 Å². The van der Waals surface area contributed by atoms with Gasteiger partial charge < -0.3 is 23.8 Å². The molecule has 0 radical (unpaired) electrons. The first kappa shape index (κ1) is 52.5. The van der Waals surface area contributed by atoms with Gasteiger partial charge in [0.25, 0.3) is 0 Å². The Morgan fingerprint density at radius 2 is 1.09 bits per heavy atom. The summed E-state index contributed by atoms with van der Waals surface area (Å²) in [6.45, 7) is 4.49. The van der Waals surface area contributed by atoms with E-state index in [9.17, 15) is 19.5 Å². The third-order valence-electron chi connectivity index (χ3n) is 9.07. The highest BCUT2D eigenvalue weighted by Crippen LogP contribution is 2.11. The molecule has 0 saturated carbocycles. The number of aliphatic carboxylic acids is 1. The molecule has 2 atom stereocenters. The standard InChI is InChI=1S/C48H79NO7/c1-6-8-10-12-14-16-18-20-22-24-26-28-30-32-34-36-38-46(50)55-43-44(42-54-41-40-45(48(52)53)49(3,4)5)56-47(51)39-37-35-33-31-29-27-25-23-21-19-17-15-13-11-9-7-2/h9,11,15,17,21-24,26-29,33,35,44-45H,6-8,10,12-14,16,18-20,25,30-32,34,36-43H2,1-5H3/p+1/b11-9+,17-15+,23-21+,24-22+,28-26+,29-27+,35-33+. The van der Waals surface area contributed by atoms with Crippen LogP contribution in [0.25, 0.3) is 0 Å². The molecular weight excluding hydrogens is 703 g/mol. The van der Waals surface area contributed by atoms with Crippen molar-refractivity contribution < 1.29 is 38.2 Å². The van der Waals surface area contributed by atoms with Gasteiger partial charge in [-0.15, -0.1) is 0 Å². The van der Waals surface area contributed by atoms with Crippen LogP contribution in [-0.2, 0) is 28.6 Å². The second kappa shape index (κ2) is 38.4. The minimum absolute atomic E-state index is 0.0179. The van der Waals surface area contributed by atoms with E-state index in [1.165, 1.54) is 44.9 Å². The Morgan fingerprint density at radius 3 is 1.62 bits per heavy atom. The Hall–Kier alpha value is -3.49. The highest BCUT2D eigenvalue weighted by Gasteiger charge is 2.31. The maximum Gasteiger partial charge on any atom is 0.362 e. The van der Waals surface area contributed by atoms with Gasteiger partial charge in [0, 0.05) is 19.3 Å². The van der Waals surface area contributed by atoms with Crippen LogP contribution >= 0.6 is 0 Å². The Kier molecular flexibility index (Phi) is 36.0. The number of likely N-dealkylation sites (N-methyl/N-ethyl adjacent to an activating group) is 1. The summed E-state index contributed by atoms with van der Waals surface area (Å²) < 4.78 is 17.1. The quantitative estimate of drug-likeness (QED) is 0.0220. The molecule has 0 aromatic heterocycles. The number of rotatable bonds is 37. The van der Waals surface area contributed by atoms with Crippen molar-refractivity contribution in [3.05, 3.63) is 85.1 Å². The second-order valence-corrected chi connectivity index (χ2v) is 15.2. The number of unbranched alkanes of at least 4 members (excludes halogenated alkanes) is 10.